The Balaban J connectivity index is 2.97. The second-order valence-corrected chi connectivity index (χ2v) is 6.40. The first-order valence-corrected chi connectivity index (χ1v) is 9.13. The summed E-state index contributed by atoms with van der Waals surface area (Å²) >= 11 is 0. The van der Waals surface area contributed by atoms with Crippen LogP contribution in [0.2, 0.25) is 0 Å². The van der Waals surface area contributed by atoms with Crippen molar-refractivity contribution in [3.05, 3.63) is 23.8 Å². The molecule has 0 bridgehead atoms. The number of unbranched alkanes of at least 4 members (excludes halogenated alkanes) is 2. The summed E-state index contributed by atoms with van der Waals surface area (Å²) in [5.74, 6) is -0.312. The van der Waals surface area contributed by atoms with Gasteiger partial charge in [-0.2, -0.15) is 0 Å². The summed E-state index contributed by atoms with van der Waals surface area (Å²) in [7, 11) is 2.85. The molecule has 0 unspecified atom stereocenters. The molecule has 1 aromatic rings. The molecule has 0 saturated carbocycles. The zero-order valence-electron chi connectivity index (χ0n) is 16.5. The van der Waals surface area contributed by atoms with Crippen LogP contribution >= 0.6 is 0 Å². The Hall–Kier alpha value is -2.08. The highest BCUT2D eigenvalue weighted by molar-refractivity contribution is 5.99. The molecule has 1 amide bonds. The van der Waals surface area contributed by atoms with Crippen LogP contribution in [0.25, 0.3) is 0 Å². The predicted molar refractivity (Wildman–Crippen MR) is 102 cm³/mol. The minimum absolute atomic E-state index is 0.242. The van der Waals surface area contributed by atoms with Gasteiger partial charge in [-0.1, -0.05) is 33.1 Å². The fourth-order valence-corrected chi connectivity index (χ4v) is 2.50. The summed E-state index contributed by atoms with van der Waals surface area (Å²) in [4.78, 5) is 24.7. The Morgan fingerprint density at radius 1 is 1.12 bits per heavy atom. The maximum Gasteiger partial charge on any atom is 0.341 e. The Bertz CT molecular complexity index is 602. The van der Waals surface area contributed by atoms with E-state index in [1.807, 2.05) is 6.92 Å². The third-order valence-corrected chi connectivity index (χ3v) is 4.29. The molecule has 0 aliphatic rings. The van der Waals surface area contributed by atoms with E-state index in [0.29, 0.717) is 24.5 Å². The molecule has 146 valence electrons. The lowest BCUT2D eigenvalue weighted by Gasteiger charge is -2.27. The summed E-state index contributed by atoms with van der Waals surface area (Å²) in [5, 5.41) is 2.84. The summed E-state index contributed by atoms with van der Waals surface area (Å²) in [6.07, 6.45) is 4.48. The molecule has 0 aliphatic heterocycles. The van der Waals surface area contributed by atoms with Crippen molar-refractivity contribution in [1.29, 1.82) is 0 Å². The number of benzene rings is 1. The molecule has 0 aromatic heterocycles. The van der Waals surface area contributed by atoms with Crippen molar-refractivity contribution in [2.75, 3.05) is 26.1 Å². The van der Waals surface area contributed by atoms with Gasteiger partial charge in [-0.05, 0) is 38.0 Å². The number of rotatable bonds is 11. The highest BCUT2D eigenvalue weighted by atomic mass is 16.5. The van der Waals surface area contributed by atoms with Crippen LogP contribution in [0, 0.1) is 0 Å². The number of anilines is 1. The van der Waals surface area contributed by atoms with Crippen molar-refractivity contribution < 1.29 is 23.8 Å². The van der Waals surface area contributed by atoms with E-state index in [2.05, 4.69) is 12.2 Å². The fourth-order valence-electron chi connectivity index (χ4n) is 2.50. The molecule has 0 fully saturated rings. The van der Waals surface area contributed by atoms with E-state index in [-0.39, 0.29) is 11.5 Å². The van der Waals surface area contributed by atoms with Gasteiger partial charge in [0.2, 0.25) is 0 Å². The van der Waals surface area contributed by atoms with Gasteiger partial charge >= 0.3 is 5.97 Å². The lowest BCUT2D eigenvalue weighted by molar-refractivity contribution is -0.136. The molecule has 0 aliphatic carbocycles. The van der Waals surface area contributed by atoms with Crippen molar-refractivity contribution in [1.82, 2.24) is 0 Å². The molecular formula is C20H31NO5. The first-order valence-electron chi connectivity index (χ1n) is 9.13. The van der Waals surface area contributed by atoms with E-state index < -0.39 is 11.6 Å². The molecule has 1 aromatic carbocycles. The number of nitrogens with one attached hydrogen (secondary N) is 1. The van der Waals surface area contributed by atoms with E-state index in [9.17, 15) is 9.59 Å². The second kappa shape index (κ2) is 10.8. The average molecular weight is 365 g/mol. The highest BCUT2D eigenvalue weighted by Gasteiger charge is 2.32. The maximum atomic E-state index is 12.7. The zero-order chi connectivity index (χ0) is 19.6. The first kappa shape index (κ1) is 22.0. The van der Waals surface area contributed by atoms with Gasteiger partial charge in [0, 0.05) is 12.8 Å². The van der Waals surface area contributed by atoms with Gasteiger partial charge in [0.1, 0.15) is 16.9 Å². The number of ether oxygens (including phenoxy) is 3. The lowest BCUT2D eigenvalue weighted by Crippen LogP contribution is -2.42. The Morgan fingerprint density at radius 2 is 1.85 bits per heavy atom. The molecule has 1 rings (SSSR count). The fraction of sp³-hybridized carbons (Fsp3) is 0.600. The zero-order valence-corrected chi connectivity index (χ0v) is 16.5. The number of hydrogen-bond donors (Lipinski definition) is 1. The molecule has 0 saturated heterocycles. The van der Waals surface area contributed by atoms with Crippen LogP contribution in [0.4, 0.5) is 5.69 Å². The summed E-state index contributed by atoms with van der Waals surface area (Å²) in [6, 6.07) is 4.94. The van der Waals surface area contributed by atoms with Crippen LogP contribution in [-0.4, -0.2) is 38.3 Å². The van der Waals surface area contributed by atoms with Gasteiger partial charge in [-0.3, -0.25) is 4.79 Å². The maximum absolute atomic E-state index is 12.7. The number of hydrogen-bond acceptors (Lipinski definition) is 5. The van der Waals surface area contributed by atoms with Gasteiger partial charge in [0.15, 0.2) is 0 Å². The molecule has 0 radical (unpaired) electrons. The first-order chi connectivity index (χ1) is 12.4. The van der Waals surface area contributed by atoms with Crippen LogP contribution < -0.4 is 10.1 Å². The van der Waals surface area contributed by atoms with Crippen LogP contribution in [0.3, 0.4) is 0 Å². The van der Waals surface area contributed by atoms with E-state index in [1.54, 1.807) is 25.1 Å². The van der Waals surface area contributed by atoms with Crippen molar-refractivity contribution in [3.63, 3.8) is 0 Å². The predicted octanol–water partition coefficient (Wildman–Crippen LogP) is 4.19. The minimum atomic E-state index is -0.919. The normalized spacial score (nSPS) is 13.0. The van der Waals surface area contributed by atoms with Crippen LogP contribution in [0.1, 0.15) is 63.2 Å². The van der Waals surface area contributed by atoms with E-state index in [0.717, 1.165) is 25.7 Å². The average Bonchev–Trinajstić information content (AvgIpc) is 2.66. The van der Waals surface area contributed by atoms with Gasteiger partial charge in [0.25, 0.3) is 5.91 Å². The quantitative estimate of drug-likeness (QED) is 0.470. The largest absolute Gasteiger partial charge is 0.493 e. The Labute approximate surface area is 156 Å². The molecule has 0 heterocycles. The molecule has 1 N–H and O–H groups in total. The van der Waals surface area contributed by atoms with Crippen molar-refractivity contribution in [2.45, 2.75) is 58.5 Å². The monoisotopic (exact) mass is 365 g/mol. The Kier molecular flexibility index (Phi) is 9.13. The number of methoxy groups -OCH3 is 2. The third-order valence-electron chi connectivity index (χ3n) is 4.29. The summed E-state index contributed by atoms with van der Waals surface area (Å²) < 4.78 is 15.9. The van der Waals surface area contributed by atoms with Crippen molar-refractivity contribution in [3.8, 4) is 5.75 Å². The van der Waals surface area contributed by atoms with Gasteiger partial charge < -0.3 is 19.5 Å². The molecule has 6 nitrogen and oxygen atoms in total. The van der Waals surface area contributed by atoms with Gasteiger partial charge in [0.05, 0.1) is 13.7 Å². The molecular weight excluding hydrogens is 334 g/mol. The lowest BCUT2D eigenvalue weighted by atomic mass is 9.96. The smallest absolute Gasteiger partial charge is 0.341 e. The van der Waals surface area contributed by atoms with Crippen molar-refractivity contribution in [2.24, 2.45) is 0 Å². The molecule has 0 spiro atoms. The van der Waals surface area contributed by atoms with E-state index in [1.165, 1.54) is 14.2 Å². The standard InChI is InChI=1S/C20H31NO5/c1-6-8-9-12-20(3,25-5)19(23)21-15-10-11-17(26-13-7-2)16(14-15)18(22)24-4/h10-11,14H,6-9,12-13H2,1-5H3,(H,21,23)/t20-/m0/s1. The number of esters is 1. The molecule has 6 heteroatoms. The van der Waals surface area contributed by atoms with Gasteiger partial charge in [-0.15, -0.1) is 0 Å². The topological polar surface area (TPSA) is 73.9 Å². The minimum Gasteiger partial charge on any atom is -0.493 e. The van der Waals surface area contributed by atoms with E-state index in [4.69, 9.17) is 14.2 Å². The Morgan fingerprint density at radius 3 is 2.42 bits per heavy atom. The molecule has 1 atom stereocenters. The second-order valence-electron chi connectivity index (χ2n) is 6.40. The number of carbonyl (C=O) groups is 2. The third kappa shape index (κ3) is 6.02. The van der Waals surface area contributed by atoms with Crippen molar-refractivity contribution >= 4 is 17.6 Å². The highest BCUT2D eigenvalue weighted by Crippen LogP contribution is 2.26. The summed E-state index contributed by atoms with van der Waals surface area (Å²) in [5.41, 5.74) is -0.139. The number of carbonyl (C=O) groups excluding carboxylic acids is 2. The van der Waals surface area contributed by atoms with Crippen LogP contribution in [0.15, 0.2) is 18.2 Å². The molecule has 26 heavy (non-hydrogen) atoms. The van der Waals surface area contributed by atoms with E-state index >= 15 is 0 Å². The number of amides is 1. The van der Waals surface area contributed by atoms with Gasteiger partial charge in [-0.25, -0.2) is 4.79 Å². The summed E-state index contributed by atoms with van der Waals surface area (Å²) in [6.45, 7) is 6.37. The van der Waals surface area contributed by atoms with Crippen LogP contribution in [0.5, 0.6) is 5.75 Å². The van der Waals surface area contributed by atoms with Crippen LogP contribution in [-0.2, 0) is 14.3 Å². The SMILES string of the molecule is CCCCC[C@](C)(OC)C(=O)Nc1ccc(OCCC)c(C(=O)OC)c1.